The monoisotopic (exact) mass is 458 g/mol. The zero-order valence-corrected chi connectivity index (χ0v) is 22.1. The van der Waals surface area contributed by atoms with Gasteiger partial charge in [0.25, 0.3) is 0 Å². The third kappa shape index (κ3) is 9.38. The predicted octanol–water partition coefficient (Wildman–Crippen LogP) is 6.61. The van der Waals surface area contributed by atoms with Crippen molar-refractivity contribution in [2.75, 3.05) is 11.9 Å². The van der Waals surface area contributed by atoms with E-state index in [2.05, 4.69) is 79.6 Å². The van der Waals surface area contributed by atoms with Crippen molar-refractivity contribution in [3.05, 3.63) is 65.5 Å². The Morgan fingerprint density at radius 3 is 2.76 bits per heavy atom. The van der Waals surface area contributed by atoms with Crippen LogP contribution in [0.5, 0.6) is 0 Å². The summed E-state index contributed by atoms with van der Waals surface area (Å²) in [5, 5.41) is 7.13. The van der Waals surface area contributed by atoms with Gasteiger partial charge in [0, 0.05) is 6.04 Å². The van der Waals surface area contributed by atoms with Crippen molar-refractivity contribution < 1.29 is 0 Å². The van der Waals surface area contributed by atoms with Crippen molar-refractivity contribution in [2.45, 2.75) is 79.6 Å². The average Bonchev–Trinajstić information content (AvgIpc) is 3.34. The van der Waals surface area contributed by atoms with Crippen LogP contribution in [-0.2, 0) is 6.42 Å². The molecule has 1 aliphatic rings. The number of benzene rings is 1. The summed E-state index contributed by atoms with van der Waals surface area (Å²) in [5.74, 6) is 3.54. The minimum absolute atomic E-state index is 0.654. The first-order valence-corrected chi connectivity index (χ1v) is 12.8. The molecule has 1 aromatic carbocycles. The summed E-state index contributed by atoms with van der Waals surface area (Å²) in [6.07, 6.45) is 13.7. The molecule has 182 valence electrons. The first kappa shape index (κ1) is 27.7. The number of nitrogens with one attached hydrogen (secondary N) is 2. The van der Waals surface area contributed by atoms with Crippen LogP contribution in [0.25, 0.3) is 0 Å². The molecule has 2 atom stereocenters. The van der Waals surface area contributed by atoms with Gasteiger partial charge >= 0.3 is 158 Å². The van der Waals surface area contributed by atoms with E-state index in [1.54, 1.807) is 0 Å². The first-order valence-electron chi connectivity index (χ1n) is 12.8. The Bertz CT molecular complexity index is 947. The molecule has 2 rings (SSSR count). The van der Waals surface area contributed by atoms with Gasteiger partial charge in [-0.15, -0.1) is 0 Å². The third-order valence-corrected chi connectivity index (χ3v) is 6.14. The van der Waals surface area contributed by atoms with Crippen molar-refractivity contribution in [1.29, 1.82) is 0 Å². The van der Waals surface area contributed by atoms with E-state index in [9.17, 15) is 0 Å². The Hall–Kier alpha value is -2.53. The standard InChI is InChI=1S/C29H43BN4/c1-7-15-32-29(23(5)33-21-26(9-3)25(8-2)20-30-6)34-28-13-10-12-24(19-28)17-22(4)18-27-14-11-16-31-27/h7-8,10,12-13,15,19-22,27,31H,9,11,14,16-18H2,1-6H3,(H,32,34)/b15-7-,25-8+,26-21+,33-23?. The molecular formula is C29H43BN4. The molecule has 1 aromatic rings. The maximum absolute atomic E-state index is 4.77. The summed E-state index contributed by atoms with van der Waals surface area (Å²) in [6.45, 7) is 15.8. The molecule has 5 heteroatoms. The number of aliphatic imine (C=N–C) groups is 2. The summed E-state index contributed by atoms with van der Waals surface area (Å²) in [5.41, 5.74) is 5.66. The minimum atomic E-state index is 0.654. The fourth-order valence-electron chi connectivity index (χ4n) is 4.38. The number of hydrogen-bond donors (Lipinski definition) is 2. The molecule has 2 N–H and O–H groups in total. The predicted molar refractivity (Wildman–Crippen MR) is 154 cm³/mol. The van der Waals surface area contributed by atoms with Crippen LogP contribution in [-0.4, -0.2) is 37.0 Å². The van der Waals surface area contributed by atoms with Crippen LogP contribution in [0.3, 0.4) is 0 Å². The van der Waals surface area contributed by atoms with Gasteiger partial charge in [0.1, 0.15) is 0 Å². The van der Waals surface area contributed by atoms with E-state index >= 15 is 0 Å². The SMILES string of the molecule is CB=CC(=C\C)/C(=C/N=C(C)C(=N/C=C\C)Nc1cccc(CC(C)CC2CCCN2)c1)CC. The number of allylic oxidation sites excluding steroid dienone is 4. The summed E-state index contributed by atoms with van der Waals surface area (Å²) < 4.78 is 0. The molecule has 34 heavy (non-hydrogen) atoms. The van der Waals surface area contributed by atoms with Gasteiger partial charge < -0.3 is 5.32 Å². The maximum atomic E-state index is 4.77. The van der Waals surface area contributed by atoms with Crippen molar-refractivity contribution in [3.63, 3.8) is 0 Å². The molecule has 0 saturated carbocycles. The number of hydrogen-bond acceptors (Lipinski definition) is 3. The molecule has 0 amide bonds. The van der Waals surface area contributed by atoms with Gasteiger partial charge in [-0.2, -0.15) is 0 Å². The Kier molecular flexibility index (Phi) is 12.5. The van der Waals surface area contributed by atoms with Gasteiger partial charge in [-0.1, -0.05) is 6.92 Å². The average molecular weight is 459 g/mol. The summed E-state index contributed by atoms with van der Waals surface area (Å²) in [6, 6.07) is 9.38. The van der Waals surface area contributed by atoms with E-state index in [0.29, 0.717) is 12.0 Å². The summed E-state index contributed by atoms with van der Waals surface area (Å²) in [7, 11) is 0. The second-order valence-electron chi connectivity index (χ2n) is 9.09. The molecule has 1 aliphatic heterocycles. The molecule has 1 fully saturated rings. The Labute approximate surface area is 208 Å². The Morgan fingerprint density at radius 2 is 2.12 bits per heavy atom. The normalized spacial score (nSPS) is 19.2. The van der Waals surface area contributed by atoms with Crippen LogP contribution >= 0.6 is 0 Å². The van der Waals surface area contributed by atoms with Crippen LogP contribution in [0.15, 0.2) is 69.9 Å². The van der Waals surface area contributed by atoms with Crippen molar-refractivity contribution in [2.24, 2.45) is 15.9 Å². The molecular weight excluding hydrogens is 415 g/mol. The van der Waals surface area contributed by atoms with Crippen LogP contribution in [0, 0.1) is 5.92 Å². The van der Waals surface area contributed by atoms with Crippen LogP contribution in [0.2, 0.25) is 6.82 Å². The van der Waals surface area contributed by atoms with Gasteiger partial charge in [0.05, 0.1) is 0 Å². The Balaban J connectivity index is 2.17. The molecule has 0 radical (unpaired) electrons. The first-order chi connectivity index (χ1) is 16.5. The molecule has 0 aromatic heterocycles. The third-order valence-electron chi connectivity index (χ3n) is 6.14. The van der Waals surface area contributed by atoms with Crippen molar-refractivity contribution in [1.82, 2.24) is 5.32 Å². The van der Waals surface area contributed by atoms with E-state index in [4.69, 9.17) is 4.99 Å². The van der Waals surface area contributed by atoms with Crippen molar-refractivity contribution >= 4 is 30.1 Å². The quantitative estimate of drug-likeness (QED) is 0.170. The number of amidine groups is 1. The summed E-state index contributed by atoms with van der Waals surface area (Å²) in [4.78, 5) is 9.40. The summed E-state index contributed by atoms with van der Waals surface area (Å²) >= 11 is 0. The molecule has 0 bridgehead atoms. The van der Waals surface area contributed by atoms with Gasteiger partial charge in [-0.05, 0) is 31.7 Å². The second kappa shape index (κ2) is 15.4. The van der Waals surface area contributed by atoms with E-state index in [-0.39, 0.29) is 0 Å². The van der Waals surface area contributed by atoms with E-state index < -0.39 is 0 Å². The fourth-order valence-corrected chi connectivity index (χ4v) is 4.38. The van der Waals surface area contributed by atoms with Gasteiger partial charge in [-0.25, -0.2) is 0 Å². The van der Waals surface area contributed by atoms with Gasteiger partial charge in [0.2, 0.25) is 0 Å². The van der Waals surface area contributed by atoms with E-state index in [1.165, 1.54) is 42.5 Å². The molecule has 1 saturated heterocycles. The fraction of sp³-hybridized carbons (Fsp3) is 0.483. The van der Waals surface area contributed by atoms with Crippen LogP contribution < -0.4 is 10.6 Å². The van der Waals surface area contributed by atoms with Gasteiger partial charge in [0.15, 0.2) is 0 Å². The number of rotatable bonds is 11. The van der Waals surface area contributed by atoms with Crippen molar-refractivity contribution in [3.8, 4) is 0 Å². The van der Waals surface area contributed by atoms with Crippen LogP contribution in [0.1, 0.15) is 65.9 Å². The molecule has 2 unspecified atom stereocenters. The molecule has 1 heterocycles. The van der Waals surface area contributed by atoms with Crippen LogP contribution in [0.4, 0.5) is 5.69 Å². The number of anilines is 1. The molecule has 4 nitrogen and oxygen atoms in total. The number of nitrogens with zero attached hydrogens (tertiary/aromatic N) is 2. The zero-order chi connectivity index (χ0) is 24.8. The molecule has 0 aliphatic carbocycles. The van der Waals surface area contributed by atoms with E-state index in [0.717, 1.165) is 30.1 Å². The zero-order valence-electron chi connectivity index (χ0n) is 22.1. The topological polar surface area (TPSA) is 48.8 Å². The second-order valence-corrected chi connectivity index (χ2v) is 9.09. The van der Waals surface area contributed by atoms with E-state index in [1.807, 2.05) is 39.1 Å². The Morgan fingerprint density at radius 1 is 1.29 bits per heavy atom. The molecule has 0 spiro atoms. The van der Waals surface area contributed by atoms with Gasteiger partial charge in [-0.3, -0.25) is 0 Å².